The normalized spacial score (nSPS) is 16.6. The molecule has 1 atom stereocenters. The average molecular weight is 428 g/mol. The molecule has 5 nitrogen and oxygen atoms in total. The maximum atomic E-state index is 12.8. The molecule has 0 spiro atoms. The van der Waals surface area contributed by atoms with Gasteiger partial charge in [0.15, 0.2) is 0 Å². The van der Waals surface area contributed by atoms with E-state index in [0.29, 0.717) is 22.9 Å². The number of hydrogen-bond acceptors (Lipinski definition) is 3. The van der Waals surface area contributed by atoms with Crippen molar-refractivity contribution in [2.45, 2.75) is 25.2 Å². The first-order valence-corrected chi connectivity index (χ1v) is 9.43. The third-order valence-electron chi connectivity index (χ3n) is 4.71. The number of amides is 2. The molecule has 1 aliphatic heterocycles. The number of nitrogens with one attached hydrogen (secondary N) is 2. The van der Waals surface area contributed by atoms with Crippen molar-refractivity contribution >= 4 is 23.3 Å². The molecule has 9 heteroatoms. The molecule has 156 valence electrons. The quantitative estimate of drug-likeness (QED) is 0.741. The molecule has 1 saturated heterocycles. The second-order valence-corrected chi connectivity index (χ2v) is 7.21. The third-order valence-corrected chi connectivity index (χ3v) is 4.95. The Kier molecular flexibility index (Phi) is 6.42. The minimum Gasteiger partial charge on any atom is -0.495 e. The molecule has 2 N–H and O–H groups in total. The number of benzene rings is 2. The van der Waals surface area contributed by atoms with Gasteiger partial charge in [-0.3, -0.25) is 0 Å². The van der Waals surface area contributed by atoms with Crippen LogP contribution in [0.2, 0.25) is 5.02 Å². The van der Waals surface area contributed by atoms with Crippen molar-refractivity contribution in [2.75, 3.05) is 25.1 Å². The van der Waals surface area contributed by atoms with E-state index < -0.39 is 17.8 Å². The lowest BCUT2D eigenvalue weighted by Crippen LogP contribution is -2.43. The molecule has 0 radical (unpaired) electrons. The molecule has 2 amide bonds. The highest BCUT2D eigenvalue weighted by Gasteiger charge is 2.30. The summed E-state index contributed by atoms with van der Waals surface area (Å²) in [6.07, 6.45) is -3.68. The summed E-state index contributed by atoms with van der Waals surface area (Å²) in [6.45, 7) is 1.30. The molecular formula is C20H21ClF3N3O2. The molecule has 0 bridgehead atoms. The molecule has 3 rings (SSSR count). The van der Waals surface area contributed by atoms with E-state index in [9.17, 15) is 18.0 Å². The first-order chi connectivity index (χ1) is 13.8. The van der Waals surface area contributed by atoms with Crippen molar-refractivity contribution in [3.05, 3.63) is 58.6 Å². The van der Waals surface area contributed by atoms with Crippen LogP contribution >= 0.6 is 11.6 Å². The fraction of sp³-hybridized carbons (Fsp3) is 0.350. The van der Waals surface area contributed by atoms with E-state index in [2.05, 4.69) is 15.5 Å². The minimum absolute atomic E-state index is 0.00824. The Hall–Kier alpha value is -2.61. The van der Waals surface area contributed by atoms with E-state index in [4.69, 9.17) is 16.3 Å². The lowest BCUT2D eigenvalue weighted by atomic mass is 10.1. The van der Waals surface area contributed by atoms with Crippen molar-refractivity contribution in [3.63, 3.8) is 0 Å². The summed E-state index contributed by atoms with van der Waals surface area (Å²) in [7, 11) is 1.58. The van der Waals surface area contributed by atoms with Gasteiger partial charge in [-0.05, 0) is 42.3 Å². The molecule has 1 fully saturated rings. The second-order valence-electron chi connectivity index (χ2n) is 6.77. The Morgan fingerprint density at radius 2 is 2.07 bits per heavy atom. The molecule has 0 aliphatic carbocycles. The maximum Gasteiger partial charge on any atom is 0.416 e. The second kappa shape index (κ2) is 8.82. The van der Waals surface area contributed by atoms with Crippen molar-refractivity contribution < 1.29 is 22.7 Å². The van der Waals surface area contributed by atoms with E-state index in [1.165, 1.54) is 12.1 Å². The zero-order chi connectivity index (χ0) is 21.0. The Balaban J connectivity index is 1.53. The highest BCUT2D eigenvalue weighted by atomic mass is 35.5. The molecule has 1 heterocycles. The first kappa shape index (κ1) is 21.1. The topological polar surface area (TPSA) is 53.6 Å². The van der Waals surface area contributed by atoms with E-state index in [1.54, 1.807) is 19.2 Å². The van der Waals surface area contributed by atoms with Crippen LogP contribution in [0.25, 0.3) is 0 Å². The van der Waals surface area contributed by atoms with Gasteiger partial charge in [0.25, 0.3) is 0 Å². The number of ether oxygens (including phenoxy) is 1. The van der Waals surface area contributed by atoms with Crippen molar-refractivity contribution in [3.8, 4) is 5.75 Å². The zero-order valence-electron chi connectivity index (χ0n) is 15.7. The molecule has 29 heavy (non-hydrogen) atoms. The summed E-state index contributed by atoms with van der Waals surface area (Å²) in [5.74, 6) is 0.698. The number of hydrogen-bond donors (Lipinski definition) is 2. The molecule has 0 aromatic heterocycles. The van der Waals surface area contributed by atoms with Crippen LogP contribution in [-0.2, 0) is 12.7 Å². The third kappa shape index (κ3) is 5.47. The number of alkyl halides is 3. The number of anilines is 1. The molecule has 1 unspecified atom stereocenters. The van der Waals surface area contributed by atoms with Gasteiger partial charge in [0.2, 0.25) is 0 Å². The Bertz CT molecular complexity index is 876. The van der Waals surface area contributed by atoms with Crippen molar-refractivity contribution in [1.82, 2.24) is 10.6 Å². The standard InChI is InChI=1S/C20H21ClF3N3O2/c1-29-18-6-5-15(21)10-17(18)27-8-7-16(12-27)26-19(28)25-11-13-3-2-4-14(9-13)20(22,23)24/h2-6,9-10,16H,7-8,11-12H2,1H3,(H2,25,26,28). The van der Waals surface area contributed by atoms with Crippen LogP contribution in [0.3, 0.4) is 0 Å². The van der Waals surface area contributed by atoms with Crippen LogP contribution in [0, 0.1) is 0 Å². The fourth-order valence-electron chi connectivity index (χ4n) is 3.28. The van der Waals surface area contributed by atoms with Gasteiger partial charge in [0.1, 0.15) is 5.75 Å². The monoisotopic (exact) mass is 427 g/mol. The highest BCUT2D eigenvalue weighted by molar-refractivity contribution is 6.30. The average Bonchev–Trinajstić information content (AvgIpc) is 3.14. The highest BCUT2D eigenvalue weighted by Crippen LogP contribution is 2.33. The number of halogens is 4. The number of carbonyl (C=O) groups is 1. The smallest absolute Gasteiger partial charge is 0.416 e. The predicted molar refractivity (Wildman–Crippen MR) is 105 cm³/mol. The number of methoxy groups -OCH3 is 1. The summed E-state index contributed by atoms with van der Waals surface area (Å²) >= 11 is 6.08. The van der Waals surface area contributed by atoms with E-state index in [0.717, 1.165) is 30.8 Å². The van der Waals surface area contributed by atoms with Crippen LogP contribution in [0.1, 0.15) is 17.5 Å². The first-order valence-electron chi connectivity index (χ1n) is 9.05. The number of nitrogens with zero attached hydrogens (tertiary/aromatic N) is 1. The van der Waals surface area contributed by atoms with Gasteiger partial charge >= 0.3 is 12.2 Å². The summed E-state index contributed by atoms with van der Waals surface area (Å²) in [6, 6.07) is 9.73. The van der Waals surface area contributed by atoms with Gasteiger partial charge in [0, 0.05) is 30.7 Å². The summed E-state index contributed by atoms with van der Waals surface area (Å²) in [5.41, 5.74) is 0.500. The Labute approximate surface area is 171 Å². The summed E-state index contributed by atoms with van der Waals surface area (Å²) < 4.78 is 43.7. The maximum absolute atomic E-state index is 12.8. The Morgan fingerprint density at radius 1 is 1.28 bits per heavy atom. The lowest BCUT2D eigenvalue weighted by Gasteiger charge is -2.22. The summed E-state index contributed by atoms with van der Waals surface area (Å²) in [5, 5.41) is 6.06. The Morgan fingerprint density at radius 3 is 2.79 bits per heavy atom. The van der Waals surface area contributed by atoms with Crippen molar-refractivity contribution in [2.24, 2.45) is 0 Å². The van der Waals surface area contributed by atoms with Gasteiger partial charge in [-0.1, -0.05) is 23.7 Å². The predicted octanol–water partition coefficient (Wildman–Crippen LogP) is 4.45. The van der Waals surface area contributed by atoms with E-state index in [1.807, 2.05) is 6.07 Å². The van der Waals surface area contributed by atoms with Gasteiger partial charge in [-0.15, -0.1) is 0 Å². The van der Waals surface area contributed by atoms with E-state index in [-0.39, 0.29) is 12.6 Å². The SMILES string of the molecule is COc1ccc(Cl)cc1N1CCC(NC(=O)NCc2cccc(C(F)(F)F)c2)C1. The van der Waals surface area contributed by atoms with Gasteiger partial charge in [0.05, 0.1) is 18.4 Å². The van der Waals surface area contributed by atoms with Crippen LogP contribution in [0.4, 0.5) is 23.7 Å². The van der Waals surface area contributed by atoms with Crippen LogP contribution in [0.15, 0.2) is 42.5 Å². The fourth-order valence-corrected chi connectivity index (χ4v) is 3.45. The van der Waals surface area contributed by atoms with Gasteiger partial charge < -0.3 is 20.3 Å². The van der Waals surface area contributed by atoms with Gasteiger partial charge in [-0.25, -0.2) is 4.79 Å². The molecular weight excluding hydrogens is 407 g/mol. The van der Waals surface area contributed by atoms with Gasteiger partial charge in [-0.2, -0.15) is 13.2 Å². The summed E-state index contributed by atoms with van der Waals surface area (Å²) in [4.78, 5) is 14.2. The number of carbonyl (C=O) groups excluding carboxylic acids is 1. The van der Waals surface area contributed by atoms with Crippen LogP contribution < -0.4 is 20.3 Å². The largest absolute Gasteiger partial charge is 0.495 e. The molecule has 1 aliphatic rings. The zero-order valence-corrected chi connectivity index (χ0v) is 16.5. The molecule has 2 aromatic carbocycles. The lowest BCUT2D eigenvalue weighted by molar-refractivity contribution is -0.137. The van der Waals surface area contributed by atoms with Crippen molar-refractivity contribution in [1.29, 1.82) is 0 Å². The van der Waals surface area contributed by atoms with Crippen LogP contribution in [-0.4, -0.2) is 32.3 Å². The number of urea groups is 1. The molecule has 2 aromatic rings. The van der Waals surface area contributed by atoms with E-state index >= 15 is 0 Å². The minimum atomic E-state index is -4.41. The van der Waals surface area contributed by atoms with Crippen LogP contribution in [0.5, 0.6) is 5.75 Å². The number of rotatable bonds is 5. The molecule has 0 saturated carbocycles.